The number of piperidine rings is 1. The number of carbonyl (C=O) groups excluding carboxylic acids is 1. The lowest BCUT2D eigenvalue weighted by molar-refractivity contribution is -0.126. The van der Waals surface area contributed by atoms with Crippen LogP contribution in [0.5, 0.6) is 5.75 Å². The van der Waals surface area contributed by atoms with Crippen LogP contribution in [0, 0.1) is 5.92 Å². The topological polar surface area (TPSA) is 53.9 Å². The number of hydrogen-bond acceptors (Lipinski definition) is 4. The predicted molar refractivity (Wildman–Crippen MR) is 111 cm³/mol. The molecule has 0 radical (unpaired) electrons. The van der Waals surface area contributed by atoms with E-state index in [4.69, 9.17) is 4.74 Å². The summed E-state index contributed by atoms with van der Waals surface area (Å²) in [6.45, 7) is 2.77. The first-order chi connectivity index (χ1) is 13.1. The van der Waals surface area contributed by atoms with Crippen LogP contribution in [0.15, 0.2) is 58.1 Å². The van der Waals surface area contributed by atoms with Gasteiger partial charge in [-0.05, 0) is 61.3 Å². The summed E-state index contributed by atoms with van der Waals surface area (Å²) in [7, 11) is 1.63. The first-order valence-electron chi connectivity index (χ1n) is 9.08. The van der Waals surface area contributed by atoms with Gasteiger partial charge in [0.2, 0.25) is 5.91 Å². The average molecular weight is 430 g/mol. The summed E-state index contributed by atoms with van der Waals surface area (Å²) in [5.41, 5.74) is 4.86. The molecule has 2 aromatic carbocycles. The number of halogens is 1. The van der Waals surface area contributed by atoms with E-state index in [1.54, 1.807) is 13.3 Å². The fraction of sp³-hybridized carbons (Fsp3) is 0.333. The van der Waals surface area contributed by atoms with Gasteiger partial charge < -0.3 is 4.74 Å². The van der Waals surface area contributed by atoms with Crippen molar-refractivity contribution >= 4 is 28.1 Å². The normalized spacial score (nSPS) is 15.8. The summed E-state index contributed by atoms with van der Waals surface area (Å²) >= 11 is 3.46. The third kappa shape index (κ3) is 5.91. The van der Waals surface area contributed by atoms with E-state index in [0.717, 1.165) is 48.3 Å². The Hall–Kier alpha value is -2.18. The molecule has 1 aliphatic rings. The molecule has 0 aromatic heterocycles. The molecule has 1 N–H and O–H groups in total. The molecule has 1 amide bonds. The number of hydrazone groups is 1. The molecule has 1 saturated heterocycles. The smallest absolute Gasteiger partial charge is 0.243 e. The lowest BCUT2D eigenvalue weighted by Crippen LogP contribution is -2.39. The molecule has 1 heterocycles. The molecule has 6 heteroatoms. The SMILES string of the molecule is COc1cccc(/C=N/NC(=O)C2CCN(Cc3ccc(Br)cc3)CC2)c1. The Balaban J connectivity index is 1.44. The molecule has 0 atom stereocenters. The average Bonchev–Trinajstić information content (AvgIpc) is 2.70. The van der Waals surface area contributed by atoms with Gasteiger partial charge in [-0.3, -0.25) is 9.69 Å². The first kappa shape index (κ1) is 19.6. The molecule has 27 heavy (non-hydrogen) atoms. The second kappa shape index (κ2) is 9.67. The van der Waals surface area contributed by atoms with Crippen molar-refractivity contribution in [3.8, 4) is 5.75 Å². The third-order valence-electron chi connectivity index (χ3n) is 4.76. The number of benzene rings is 2. The maximum Gasteiger partial charge on any atom is 0.243 e. The van der Waals surface area contributed by atoms with Crippen LogP contribution in [0.3, 0.4) is 0 Å². The molecule has 0 spiro atoms. The van der Waals surface area contributed by atoms with E-state index >= 15 is 0 Å². The molecule has 0 aliphatic carbocycles. The maximum absolute atomic E-state index is 12.3. The number of carbonyl (C=O) groups is 1. The molecule has 0 saturated carbocycles. The molecule has 0 unspecified atom stereocenters. The van der Waals surface area contributed by atoms with Gasteiger partial charge >= 0.3 is 0 Å². The van der Waals surface area contributed by atoms with Crippen LogP contribution in [-0.4, -0.2) is 37.2 Å². The Morgan fingerprint density at radius 3 is 2.70 bits per heavy atom. The summed E-state index contributed by atoms with van der Waals surface area (Å²) < 4.78 is 6.27. The number of ether oxygens (including phenoxy) is 1. The van der Waals surface area contributed by atoms with Gasteiger partial charge in [-0.1, -0.05) is 40.2 Å². The molecule has 5 nitrogen and oxygen atoms in total. The van der Waals surface area contributed by atoms with Crippen molar-refractivity contribution in [2.75, 3.05) is 20.2 Å². The number of methoxy groups -OCH3 is 1. The highest BCUT2D eigenvalue weighted by atomic mass is 79.9. The van der Waals surface area contributed by atoms with Gasteiger partial charge in [0.25, 0.3) is 0 Å². The molecule has 0 bridgehead atoms. The Morgan fingerprint density at radius 1 is 1.26 bits per heavy atom. The van der Waals surface area contributed by atoms with Crippen molar-refractivity contribution in [2.24, 2.45) is 11.0 Å². The molecule has 1 fully saturated rings. The van der Waals surface area contributed by atoms with Crippen LogP contribution >= 0.6 is 15.9 Å². The van der Waals surface area contributed by atoms with Crippen LogP contribution in [-0.2, 0) is 11.3 Å². The summed E-state index contributed by atoms with van der Waals surface area (Å²) in [6.07, 6.45) is 3.36. The lowest BCUT2D eigenvalue weighted by atomic mass is 9.96. The summed E-state index contributed by atoms with van der Waals surface area (Å²) in [4.78, 5) is 14.7. The Bertz CT molecular complexity index is 784. The highest BCUT2D eigenvalue weighted by molar-refractivity contribution is 9.10. The highest BCUT2D eigenvalue weighted by Gasteiger charge is 2.24. The molecule has 2 aromatic rings. The number of nitrogens with zero attached hydrogens (tertiary/aromatic N) is 2. The largest absolute Gasteiger partial charge is 0.497 e. The third-order valence-corrected chi connectivity index (χ3v) is 5.29. The monoisotopic (exact) mass is 429 g/mol. The van der Waals surface area contributed by atoms with Crippen molar-refractivity contribution in [3.05, 3.63) is 64.1 Å². The van der Waals surface area contributed by atoms with Gasteiger partial charge in [0.05, 0.1) is 13.3 Å². The van der Waals surface area contributed by atoms with Crippen molar-refractivity contribution < 1.29 is 9.53 Å². The summed E-state index contributed by atoms with van der Waals surface area (Å²) in [5, 5.41) is 4.09. The van der Waals surface area contributed by atoms with Crippen LogP contribution in [0.4, 0.5) is 0 Å². The van der Waals surface area contributed by atoms with Crippen LogP contribution < -0.4 is 10.2 Å². The Labute approximate surface area is 168 Å². The van der Waals surface area contributed by atoms with E-state index in [0.29, 0.717) is 0 Å². The van der Waals surface area contributed by atoms with Gasteiger partial charge in [-0.25, -0.2) is 5.43 Å². The predicted octanol–water partition coefficient (Wildman–Crippen LogP) is 3.82. The van der Waals surface area contributed by atoms with Crippen molar-refractivity contribution in [3.63, 3.8) is 0 Å². The number of rotatable bonds is 6. The number of hydrogen-bond donors (Lipinski definition) is 1. The second-order valence-corrected chi connectivity index (χ2v) is 7.60. The minimum atomic E-state index is -0.00237. The molecular formula is C21H24BrN3O2. The number of likely N-dealkylation sites (tertiary alicyclic amines) is 1. The zero-order valence-electron chi connectivity index (χ0n) is 15.4. The fourth-order valence-corrected chi connectivity index (χ4v) is 3.45. The molecule has 142 valence electrons. The quantitative estimate of drug-likeness (QED) is 0.560. The van der Waals surface area contributed by atoms with Crippen LogP contribution in [0.1, 0.15) is 24.0 Å². The van der Waals surface area contributed by atoms with E-state index in [9.17, 15) is 4.79 Å². The fourth-order valence-electron chi connectivity index (χ4n) is 3.18. The van der Waals surface area contributed by atoms with E-state index in [2.05, 4.69) is 55.6 Å². The molecular weight excluding hydrogens is 406 g/mol. The highest BCUT2D eigenvalue weighted by Crippen LogP contribution is 2.20. The van der Waals surface area contributed by atoms with E-state index < -0.39 is 0 Å². The van der Waals surface area contributed by atoms with Gasteiger partial charge in [0, 0.05) is 16.9 Å². The standard InChI is InChI=1S/C21H24BrN3O2/c1-27-20-4-2-3-17(13-20)14-23-24-21(26)18-9-11-25(12-10-18)15-16-5-7-19(22)8-6-16/h2-8,13-14,18H,9-12,15H2,1H3,(H,24,26)/b23-14+. The van der Waals surface area contributed by atoms with Gasteiger partial charge in [-0.2, -0.15) is 5.10 Å². The van der Waals surface area contributed by atoms with Gasteiger partial charge in [0.15, 0.2) is 0 Å². The van der Waals surface area contributed by atoms with Crippen molar-refractivity contribution in [1.82, 2.24) is 10.3 Å². The van der Waals surface area contributed by atoms with Crippen LogP contribution in [0.25, 0.3) is 0 Å². The van der Waals surface area contributed by atoms with Crippen LogP contribution in [0.2, 0.25) is 0 Å². The molecule has 1 aliphatic heterocycles. The Kier molecular flexibility index (Phi) is 7.01. The zero-order chi connectivity index (χ0) is 19.1. The Morgan fingerprint density at radius 2 is 2.00 bits per heavy atom. The lowest BCUT2D eigenvalue weighted by Gasteiger charge is -2.30. The van der Waals surface area contributed by atoms with Gasteiger partial charge in [0.1, 0.15) is 5.75 Å². The molecule has 3 rings (SSSR count). The minimum absolute atomic E-state index is 0.00237. The second-order valence-electron chi connectivity index (χ2n) is 6.69. The first-order valence-corrected chi connectivity index (χ1v) is 9.87. The van der Waals surface area contributed by atoms with E-state index in [-0.39, 0.29) is 11.8 Å². The number of amides is 1. The van der Waals surface area contributed by atoms with Crippen molar-refractivity contribution in [2.45, 2.75) is 19.4 Å². The van der Waals surface area contributed by atoms with Gasteiger partial charge in [-0.15, -0.1) is 0 Å². The zero-order valence-corrected chi connectivity index (χ0v) is 17.0. The maximum atomic E-state index is 12.3. The number of nitrogens with one attached hydrogen (secondary N) is 1. The summed E-state index contributed by atoms with van der Waals surface area (Å²) in [5.74, 6) is 0.787. The minimum Gasteiger partial charge on any atom is -0.497 e. The van der Waals surface area contributed by atoms with Crippen molar-refractivity contribution in [1.29, 1.82) is 0 Å². The summed E-state index contributed by atoms with van der Waals surface area (Å²) in [6, 6.07) is 16.0. The van der Waals surface area contributed by atoms with E-state index in [1.165, 1.54) is 5.56 Å². The van der Waals surface area contributed by atoms with E-state index in [1.807, 2.05) is 24.3 Å².